The van der Waals surface area contributed by atoms with Gasteiger partial charge in [0.1, 0.15) is 0 Å². The summed E-state index contributed by atoms with van der Waals surface area (Å²) < 4.78 is 0. The monoisotopic (exact) mass is 231 g/mol. The Labute approximate surface area is 106 Å². The predicted octanol–water partition coefficient (Wildman–Crippen LogP) is 4.06. The van der Waals surface area contributed by atoms with Crippen molar-refractivity contribution >= 4 is 0 Å². The Morgan fingerprint density at radius 1 is 1.24 bits per heavy atom. The van der Waals surface area contributed by atoms with Gasteiger partial charge in [0.2, 0.25) is 0 Å². The molecule has 1 aromatic rings. The Balaban J connectivity index is 1.87. The first kappa shape index (κ1) is 12.6. The van der Waals surface area contributed by atoms with Gasteiger partial charge in [-0.1, -0.05) is 44.5 Å². The van der Waals surface area contributed by atoms with E-state index < -0.39 is 0 Å². The molecule has 2 rings (SSSR count). The molecule has 0 amide bonds. The van der Waals surface area contributed by atoms with E-state index in [9.17, 15) is 0 Å². The molecular weight excluding hydrogens is 206 g/mol. The summed E-state index contributed by atoms with van der Waals surface area (Å²) in [4.78, 5) is 0. The fraction of sp³-hybridized carbons (Fsp3) is 0.625. The maximum Gasteiger partial charge on any atom is -0.00433 e. The second-order valence-electron chi connectivity index (χ2n) is 5.34. The highest BCUT2D eigenvalue weighted by molar-refractivity contribution is 5.28. The molecule has 1 unspecified atom stereocenters. The van der Waals surface area contributed by atoms with Crippen LogP contribution in [0.1, 0.15) is 62.5 Å². The van der Waals surface area contributed by atoms with Gasteiger partial charge in [0.15, 0.2) is 0 Å². The van der Waals surface area contributed by atoms with Crippen molar-refractivity contribution in [1.29, 1.82) is 0 Å². The normalized spacial score (nSPS) is 17.8. The molecule has 1 aliphatic carbocycles. The lowest BCUT2D eigenvalue weighted by molar-refractivity contribution is 0.419. The summed E-state index contributed by atoms with van der Waals surface area (Å²) in [6.07, 6.45) is 5.45. The Kier molecular flexibility index (Phi) is 4.61. The molecule has 17 heavy (non-hydrogen) atoms. The van der Waals surface area contributed by atoms with Crippen LogP contribution < -0.4 is 5.32 Å². The molecular formula is C16H25N. The van der Waals surface area contributed by atoms with E-state index in [2.05, 4.69) is 43.4 Å². The van der Waals surface area contributed by atoms with Crippen molar-refractivity contribution < 1.29 is 0 Å². The third-order valence-electron chi connectivity index (χ3n) is 4.09. The van der Waals surface area contributed by atoms with Crippen LogP contribution in [0.2, 0.25) is 0 Å². The molecule has 1 nitrogen and oxygen atoms in total. The van der Waals surface area contributed by atoms with Crippen molar-refractivity contribution in [3.8, 4) is 0 Å². The summed E-state index contributed by atoms with van der Waals surface area (Å²) in [5.41, 5.74) is 3.05. The molecule has 0 aliphatic heterocycles. The smallest absolute Gasteiger partial charge is 0.00433 e. The van der Waals surface area contributed by atoms with Gasteiger partial charge in [-0.3, -0.25) is 0 Å². The van der Waals surface area contributed by atoms with Gasteiger partial charge in [0, 0.05) is 0 Å². The molecule has 0 heterocycles. The number of hydrogen-bond acceptors (Lipinski definition) is 1. The maximum atomic E-state index is 3.40. The largest absolute Gasteiger partial charge is 0.317 e. The average Bonchev–Trinajstić information content (AvgIpc) is 2.28. The van der Waals surface area contributed by atoms with Gasteiger partial charge in [-0.15, -0.1) is 0 Å². The maximum absolute atomic E-state index is 3.40. The van der Waals surface area contributed by atoms with Crippen LogP contribution in [-0.4, -0.2) is 13.1 Å². The zero-order valence-electron chi connectivity index (χ0n) is 11.2. The number of nitrogens with one attached hydrogen (secondary N) is 1. The lowest BCUT2D eigenvalue weighted by atomic mass is 9.79. The first-order valence-electron chi connectivity index (χ1n) is 7.12. The van der Waals surface area contributed by atoms with Crippen molar-refractivity contribution in [2.24, 2.45) is 0 Å². The van der Waals surface area contributed by atoms with E-state index in [1.807, 2.05) is 0 Å². The third kappa shape index (κ3) is 3.32. The summed E-state index contributed by atoms with van der Waals surface area (Å²) in [7, 11) is 0. The Hall–Kier alpha value is -0.820. The highest BCUT2D eigenvalue weighted by atomic mass is 14.8. The molecule has 1 aromatic carbocycles. The zero-order chi connectivity index (χ0) is 12.1. The lowest BCUT2D eigenvalue weighted by Crippen LogP contribution is -2.16. The second-order valence-corrected chi connectivity index (χ2v) is 5.34. The van der Waals surface area contributed by atoms with Crippen LogP contribution >= 0.6 is 0 Å². The van der Waals surface area contributed by atoms with Crippen molar-refractivity contribution in [3.63, 3.8) is 0 Å². The van der Waals surface area contributed by atoms with Crippen LogP contribution in [-0.2, 0) is 0 Å². The SMILES string of the molecule is CCNCCC(C)c1ccc(C2CCC2)cc1. The topological polar surface area (TPSA) is 12.0 Å². The van der Waals surface area contributed by atoms with Gasteiger partial charge in [-0.25, -0.2) is 0 Å². The van der Waals surface area contributed by atoms with E-state index in [4.69, 9.17) is 0 Å². The Bertz CT molecular complexity index is 324. The van der Waals surface area contributed by atoms with Crippen molar-refractivity contribution in [3.05, 3.63) is 35.4 Å². The minimum atomic E-state index is 0.671. The number of rotatable bonds is 6. The van der Waals surface area contributed by atoms with E-state index >= 15 is 0 Å². The number of benzene rings is 1. The quantitative estimate of drug-likeness (QED) is 0.728. The van der Waals surface area contributed by atoms with Gasteiger partial charge < -0.3 is 5.32 Å². The van der Waals surface area contributed by atoms with Gasteiger partial charge >= 0.3 is 0 Å². The van der Waals surface area contributed by atoms with Crippen LogP contribution in [0.5, 0.6) is 0 Å². The number of hydrogen-bond donors (Lipinski definition) is 1. The minimum absolute atomic E-state index is 0.671. The summed E-state index contributed by atoms with van der Waals surface area (Å²) in [5.74, 6) is 1.53. The Morgan fingerprint density at radius 2 is 1.94 bits per heavy atom. The fourth-order valence-corrected chi connectivity index (χ4v) is 2.50. The summed E-state index contributed by atoms with van der Waals surface area (Å²) in [5, 5.41) is 3.40. The van der Waals surface area contributed by atoms with Gasteiger partial charge in [-0.05, 0) is 55.3 Å². The van der Waals surface area contributed by atoms with Gasteiger partial charge in [-0.2, -0.15) is 0 Å². The predicted molar refractivity (Wildman–Crippen MR) is 74.6 cm³/mol. The van der Waals surface area contributed by atoms with Gasteiger partial charge in [0.25, 0.3) is 0 Å². The second kappa shape index (κ2) is 6.20. The van der Waals surface area contributed by atoms with Crippen LogP contribution in [0.4, 0.5) is 0 Å². The third-order valence-corrected chi connectivity index (χ3v) is 4.09. The molecule has 94 valence electrons. The lowest BCUT2D eigenvalue weighted by Gasteiger charge is -2.26. The molecule has 0 radical (unpaired) electrons. The van der Waals surface area contributed by atoms with Crippen LogP contribution in [0.25, 0.3) is 0 Å². The molecule has 0 spiro atoms. The average molecular weight is 231 g/mol. The van der Waals surface area contributed by atoms with Crippen LogP contribution in [0.3, 0.4) is 0 Å². The first-order valence-corrected chi connectivity index (χ1v) is 7.12. The summed E-state index contributed by atoms with van der Waals surface area (Å²) >= 11 is 0. The minimum Gasteiger partial charge on any atom is -0.317 e. The molecule has 0 saturated heterocycles. The molecule has 1 N–H and O–H groups in total. The van der Waals surface area contributed by atoms with Crippen molar-refractivity contribution in [2.75, 3.05) is 13.1 Å². The molecule has 0 aromatic heterocycles. The molecule has 0 bridgehead atoms. The Morgan fingerprint density at radius 3 is 2.47 bits per heavy atom. The van der Waals surface area contributed by atoms with Gasteiger partial charge in [0.05, 0.1) is 0 Å². The molecule has 1 fully saturated rings. The van der Waals surface area contributed by atoms with Crippen molar-refractivity contribution in [1.82, 2.24) is 5.32 Å². The van der Waals surface area contributed by atoms with E-state index in [1.165, 1.54) is 31.2 Å². The molecule has 1 aliphatic rings. The molecule has 1 atom stereocenters. The first-order chi connectivity index (χ1) is 8.31. The highest BCUT2D eigenvalue weighted by Crippen LogP contribution is 2.36. The zero-order valence-corrected chi connectivity index (χ0v) is 11.2. The van der Waals surface area contributed by atoms with E-state index in [1.54, 1.807) is 5.56 Å². The molecule has 1 saturated carbocycles. The summed E-state index contributed by atoms with van der Waals surface area (Å²) in [6, 6.07) is 9.38. The van der Waals surface area contributed by atoms with E-state index in [0.717, 1.165) is 19.0 Å². The standard InChI is InChI=1S/C16H25N/c1-3-17-12-11-13(2)14-7-9-16(10-8-14)15-5-4-6-15/h7-10,13,15,17H,3-6,11-12H2,1-2H3. The summed E-state index contributed by atoms with van der Waals surface area (Å²) in [6.45, 7) is 6.70. The van der Waals surface area contributed by atoms with Crippen LogP contribution in [0.15, 0.2) is 24.3 Å². The fourth-order valence-electron chi connectivity index (χ4n) is 2.50. The molecule has 1 heteroatoms. The van der Waals surface area contributed by atoms with Crippen LogP contribution in [0, 0.1) is 0 Å². The van der Waals surface area contributed by atoms with E-state index in [-0.39, 0.29) is 0 Å². The van der Waals surface area contributed by atoms with E-state index in [0.29, 0.717) is 5.92 Å². The highest BCUT2D eigenvalue weighted by Gasteiger charge is 2.19. The van der Waals surface area contributed by atoms with Crippen molar-refractivity contribution in [2.45, 2.75) is 51.4 Å².